The molecule has 0 bridgehead atoms. The second-order valence-corrected chi connectivity index (χ2v) is 8.82. The minimum absolute atomic E-state index is 0.446. The molecule has 0 aromatic heterocycles. The van der Waals surface area contributed by atoms with E-state index in [0.29, 0.717) is 11.4 Å². The van der Waals surface area contributed by atoms with Crippen LogP contribution in [0.2, 0.25) is 0 Å². The first-order valence-corrected chi connectivity index (χ1v) is 11.3. The molecule has 1 aliphatic heterocycles. The van der Waals surface area contributed by atoms with Gasteiger partial charge in [-0.05, 0) is 35.4 Å². The Balaban J connectivity index is 2.00. The number of carbonyl (C=O) groups is 2. The van der Waals surface area contributed by atoms with E-state index in [2.05, 4.69) is 0 Å². The Labute approximate surface area is 197 Å². The van der Waals surface area contributed by atoms with Crippen LogP contribution in [0.25, 0.3) is 0 Å². The van der Waals surface area contributed by atoms with Gasteiger partial charge in [0.25, 0.3) is 0 Å². The van der Waals surface area contributed by atoms with Crippen LogP contribution in [0.5, 0.6) is 5.75 Å². The van der Waals surface area contributed by atoms with E-state index >= 15 is 0 Å². The van der Waals surface area contributed by atoms with Crippen LogP contribution in [0.15, 0.2) is 84.9 Å². The van der Waals surface area contributed by atoms with Crippen molar-refractivity contribution in [1.82, 2.24) is 0 Å². The highest BCUT2D eigenvalue weighted by Crippen LogP contribution is 2.57. The fraction of sp³-hybridized carbons (Fsp3) is 0.231. The first-order chi connectivity index (χ1) is 16.1. The second kappa shape index (κ2) is 9.58. The largest absolute Gasteiger partial charge is 0.497 e. The molecule has 0 unspecified atom stereocenters. The van der Waals surface area contributed by atoms with Crippen LogP contribution in [0.1, 0.15) is 11.1 Å². The zero-order chi connectivity index (χ0) is 23.4. The van der Waals surface area contributed by atoms with E-state index in [4.69, 9.17) is 14.2 Å². The van der Waals surface area contributed by atoms with Crippen molar-refractivity contribution in [3.63, 3.8) is 0 Å². The Morgan fingerprint density at radius 2 is 1.27 bits per heavy atom. The molecule has 0 radical (unpaired) electrons. The van der Waals surface area contributed by atoms with Gasteiger partial charge in [-0.2, -0.15) is 0 Å². The van der Waals surface area contributed by atoms with Crippen LogP contribution in [0, 0.1) is 0 Å². The summed E-state index contributed by atoms with van der Waals surface area (Å²) in [5.74, 6) is -0.219. The van der Waals surface area contributed by atoms with Crippen molar-refractivity contribution in [1.29, 1.82) is 0 Å². The van der Waals surface area contributed by atoms with Gasteiger partial charge in [0.2, 0.25) is 0 Å². The molecule has 0 saturated carbocycles. The number of thioether (sulfide) groups is 1. The van der Waals surface area contributed by atoms with E-state index in [0.717, 1.165) is 11.1 Å². The Morgan fingerprint density at radius 3 is 1.73 bits per heavy atom. The molecule has 33 heavy (non-hydrogen) atoms. The lowest BCUT2D eigenvalue weighted by molar-refractivity contribution is -0.143. The number of carbonyl (C=O) groups excluding carboxylic acids is 2. The number of anilines is 1. The lowest BCUT2D eigenvalue weighted by atomic mass is 9.83. The highest BCUT2D eigenvalue weighted by Gasteiger charge is 2.61. The van der Waals surface area contributed by atoms with E-state index in [1.165, 1.54) is 26.0 Å². The standard InChI is InChI=1S/C26H25NO5S/c1-30-21-16-14-20(15-17-21)27-22(24(28)31-2)26(18-10-6-4-7-11-18,19-12-8-5-9-13-19)33-23(27)25(29)32-3/h4-17,22-23H,1-3H3/t22-,23-/m0/s1. The van der Waals surface area contributed by atoms with Gasteiger partial charge in [0, 0.05) is 5.69 Å². The van der Waals surface area contributed by atoms with Crippen molar-refractivity contribution in [2.45, 2.75) is 16.2 Å². The number of benzene rings is 3. The quantitative estimate of drug-likeness (QED) is 0.507. The molecule has 1 fully saturated rings. The smallest absolute Gasteiger partial charge is 0.339 e. The molecule has 4 rings (SSSR count). The average molecular weight is 464 g/mol. The third-order valence-electron chi connectivity index (χ3n) is 5.82. The topological polar surface area (TPSA) is 65.1 Å². The summed E-state index contributed by atoms with van der Waals surface area (Å²) in [4.78, 5) is 28.3. The van der Waals surface area contributed by atoms with E-state index < -0.39 is 28.1 Å². The maximum absolute atomic E-state index is 13.5. The fourth-order valence-electron chi connectivity index (χ4n) is 4.31. The number of rotatable bonds is 6. The van der Waals surface area contributed by atoms with Crippen molar-refractivity contribution in [2.75, 3.05) is 26.2 Å². The third kappa shape index (κ3) is 3.93. The molecule has 0 spiro atoms. The van der Waals surface area contributed by atoms with Gasteiger partial charge >= 0.3 is 11.9 Å². The monoisotopic (exact) mass is 463 g/mol. The average Bonchev–Trinajstić information content (AvgIpc) is 3.26. The molecule has 2 atom stereocenters. The van der Waals surface area contributed by atoms with Gasteiger partial charge in [0.05, 0.1) is 26.1 Å². The molecule has 0 amide bonds. The van der Waals surface area contributed by atoms with Gasteiger partial charge < -0.3 is 19.1 Å². The molecule has 0 aliphatic carbocycles. The summed E-state index contributed by atoms with van der Waals surface area (Å²) in [7, 11) is 4.31. The van der Waals surface area contributed by atoms with Crippen LogP contribution in [-0.4, -0.2) is 44.7 Å². The number of hydrogen-bond acceptors (Lipinski definition) is 7. The zero-order valence-corrected chi connectivity index (χ0v) is 19.5. The van der Waals surface area contributed by atoms with E-state index in [1.54, 1.807) is 24.1 Å². The molecule has 1 heterocycles. The minimum atomic E-state index is -0.922. The number of esters is 2. The summed E-state index contributed by atoms with van der Waals surface area (Å²) < 4.78 is 14.9. The van der Waals surface area contributed by atoms with Gasteiger partial charge in [-0.1, -0.05) is 60.7 Å². The van der Waals surface area contributed by atoms with Gasteiger partial charge in [-0.3, -0.25) is 0 Å². The van der Waals surface area contributed by atoms with Crippen LogP contribution < -0.4 is 9.64 Å². The molecule has 170 valence electrons. The molecule has 3 aromatic rings. The minimum Gasteiger partial charge on any atom is -0.497 e. The molecule has 1 saturated heterocycles. The molecular formula is C26H25NO5S. The number of hydrogen-bond donors (Lipinski definition) is 0. The molecule has 6 nitrogen and oxygen atoms in total. The summed E-state index contributed by atoms with van der Waals surface area (Å²) in [5.41, 5.74) is 2.46. The van der Waals surface area contributed by atoms with E-state index in [9.17, 15) is 9.59 Å². The normalized spacial score (nSPS) is 19.1. The predicted molar refractivity (Wildman–Crippen MR) is 128 cm³/mol. The van der Waals surface area contributed by atoms with Crippen LogP contribution in [-0.2, 0) is 23.8 Å². The van der Waals surface area contributed by atoms with Gasteiger partial charge in [-0.25, -0.2) is 9.59 Å². The van der Waals surface area contributed by atoms with Crippen molar-refractivity contribution in [3.8, 4) is 5.75 Å². The molecule has 0 N–H and O–H groups in total. The summed E-state index contributed by atoms with van der Waals surface area (Å²) in [6, 6.07) is 25.9. The highest BCUT2D eigenvalue weighted by molar-refractivity contribution is 8.02. The maximum atomic E-state index is 13.5. The van der Waals surface area contributed by atoms with Gasteiger partial charge in [-0.15, -0.1) is 11.8 Å². The zero-order valence-electron chi connectivity index (χ0n) is 18.6. The van der Waals surface area contributed by atoms with E-state index in [1.807, 2.05) is 72.8 Å². The lowest BCUT2D eigenvalue weighted by Crippen LogP contribution is -2.51. The van der Waals surface area contributed by atoms with Crippen molar-refractivity contribution in [2.24, 2.45) is 0 Å². The highest BCUT2D eigenvalue weighted by atomic mass is 32.2. The Bertz CT molecular complexity index is 1070. The molecule has 7 heteroatoms. The molecular weight excluding hydrogens is 438 g/mol. The molecule has 3 aromatic carbocycles. The van der Waals surface area contributed by atoms with Gasteiger partial charge in [0.1, 0.15) is 5.75 Å². The summed E-state index contributed by atoms with van der Waals surface area (Å²) >= 11 is 1.38. The summed E-state index contributed by atoms with van der Waals surface area (Å²) in [6.45, 7) is 0. The van der Waals surface area contributed by atoms with Crippen molar-refractivity contribution in [3.05, 3.63) is 96.1 Å². The summed E-state index contributed by atoms with van der Waals surface area (Å²) in [6.07, 6.45) is 0. The second-order valence-electron chi connectivity index (χ2n) is 7.49. The van der Waals surface area contributed by atoms with Crippen molar-refractivity contribution < 1.29 is 23.8 Å². The van der Waals surface area contributed by atoms with Crippen LogP contribution in [0.3, 0.4) is 0 Å². The van der Waals surface area contributed by atoms with Crippen LogP contribution in [0.4, 0.5) is 5.69 Å². The molecule has 1 aliphatic rings. The Kier molecular flexibility index (Phi) is 6.60. The fourth-order valence-corrected chi connectivity index (χ4v) is 6.10. The first-order valence-electron chi connectivity index (χ1n) is 10.4. The van der Waals surface area contributed by atoms with Crippen LogP contribution >= 0.6 is 11.8 Å². The summed E-state index contributed by atoms with van der Waals surface area (Å²) in [5, 5.41) is -0.784. The van der Waals surface area contributed by atoms with Crippen molar-refractivity contribution >= 4 is 29.4 Å². The first kappa shape index (κ1) is 22.7. The maximum Gasteiger partial charge on any atom is 0.339 e. The third-order valence-corrected chi connectivity index (χ3v) is 7.53. The number of nitrogens with zero attached hydrogens (tertiary/aromatic N) is 1. The number of ether oxygens (including phenoxy) is 3. The van der Waals surface area contributed by atoms with E-state index in [-0.39, 0.29) is 0 Å². The number of methoxy groups -OCH3 is 3. The predicted octanol–water partition coefficient (Wildman–Crippen LogP) is 4.23. The lowest BCUT2D eigenvalue weighted by Gasteiger charge is -2.37. The SMILES string of the molecule is COC(=O)[C@@H]1N(c2ccc(OC)cc2)[C@H](C(=O)OC)SC1(c1ccccc1)c1ccccc1. The van der Waals surface area contributed by atoms with Gasteiger partial charge in [0.15, 0.2) is 11.4 Å². The Hall–Kier alpha value is -3.45. The Morgan fingerprint density at radius 1 is 0.758 bits per heavy atom.